The summed E-state index contributed by atoms with van der Waals surface area (Å²) in [6, 6.07) is 8.08. The van der Waals surface area contributed by atoms with Crippen molar-refractivity contribution in [3.05, 3.63) is 71.5 Å². The van der Waals surface area contributed by atoms with Crippen molar-refractivity contribution in [3.63, 3.8) is 0 Å². The number of nitrogens with zero attached hydrogens (tertiary/aromatic N) is 4. The standard InChI is InChI=1S/C18H16F3N5O7S.C10H13F2N/c19-18(20,21)33-10-1-3-11(4-2-10)34(30,31)26-6-5-25(8-13(26)16(27)28)14-7-22-12-9-32-17(29)24-15(12)23-14;1-2-10(11,12)9-5-3-8(7-13)4-6-9/h1-4,7,13H,5-6,8-9H2,(H,27,28)(H,23,24,29);3-6H,2,7,13H2,1H3/t13-;/m1./s1. The van der Waals surface area contributed by atoms with Crippen molar-refractivity contribution < 1.29 is 54.5 Å². The normalized spacial score (nSPS) is 17.0. The number of anilines is 2. The van der Waals surface area contributed by atoms with Gasteiger partial charge >= 0.3 is 18.4 Å². The molecule has 1 atom stereocenters. The van der Waals surface area contributed by atoms with Crippen molar-refractivity contribution in [1.82, 2.24) is 14.3 Å². The van der Waals surface area contributed by atoms with Gasteiger partial charge < -0.3 is 25.2 Å². The van der Waals surface area contributed by atoms with E-state index in [-0.39, 0.29) is 49.9 Å². The molecule has 5 rings (SSSR count). The fourth-order valence-electron chi connectivity index (χ4n) is 4.53. The van der Waals surface area contributed by atoms with Crippen LogP contribution in [0.5, 0.6) is 5.75 Å². The average Bonchev–Trinajstić information content (AvgIpc) is 3.04. The van der Waals surface area contributed by atoms with E-state index in [1.165, 1.54) is 30.2 Å². The van der Waals surface area contributed by atoms with E-state index in [0.717, 1.165) is 34.1 Å². The second kappa shape index (κ2) is 14.0. The first-order chi connectivity index (χ1) is 22.0. The number of nitrogens with one attached hydrogen (secondary N) is 1. The molecule has 0 saturated carbocycles. The number of rotatable bonds is 8. The molecule has 0 unspecified atom stereocenters. The smallest absolute Gasteiger partial charge is 0.480 e. The molecule has 47 heavy (non-hydrogen) atoms. The number of cyclic esters (lactones) is 1. The molecule has 13 nitrogen and oxygen atoms in total. The van der Waals surface area contributed by atoms with Gasteiger partial charge in [-0.25, -0.2) is 32.0 Å². The number of hydrogen-bond donors (Lipinski definition) is 3. The molecule has 19 heteroatoms. The summed E-state index contributed by atoms with van der Waals surface area (Å²) in [7, 11) is -4.36. The number of alkyl halides is 5. The number of nitrogens with two attached hydrogens (primary N) is 1. The maximum atomic E-state index is 13.1. The largest absolute Gasteiger partial charge is 0.573 e. The van der Waals surface area contributed by atoms with Crippen molar-refractivity contribution in [2.45, 2.75) is 49.7 Å². The van der Waals surface area contributed by atoms with Crippen LogP contribution >= 0.6 is 0 Å². The highest BCUT2D eigenvalue weighted by atomic mass is 32.2. The van der Waals surface area contributed by atoms with E-state index in [1.807, 2.05) is 0 Å². The number of fused-ring (bicyclic) bond motifs is 1. The van der Waals surface area contributed by atoms with Gasteiger partial charge in [-0.3, -0.25) is 10.1 Å². The topological polar surface area (TPSA) is 177 Å². The number of halogens is 5. The Balaban J connectivity index is 0.000000323. The van der Waals surface area contributed by atoms with Crippen LogP contribution in [0.2, 0.25) is 0 Å². The molecule has 4 N–H and O–H groups in total. The monoisotopic (exact) mass is 688 g/mol. The molecule has 0 bridgehead atoms. The summed E-state index contributed by atoms with van der Waals surface area (Å²) in [5, 5.41) is 12.1. The van der Waals surface area contributed by atoms with Crippen LogP contribution in [0.1, 0.15) is 30.2 Å². The number of carbonyl (C=O) groups is 2. The maximum absolute atomic E-state index is 13.1. The van der Waals surface area contributed by atoms with Gasteiger partial charge in [0.05, 0.1) is 11.1 Å². The van der Waals surface area contributed by atoms with Crippen LogP contribution in [-0.4, -0.2) is 71.9 Å². The summed E-state index contributed by atoms with van der Waals surface area (Å²) in [6.07, 6.45) is -4.48. The maximum Gasteiger partial charge on any atom is 0.573 e. The quantitative estimate of drug-likeness (QED) is 0.291. The van der Waals surface area contributed by atoms with Gasteiger partial charge in [-0.15, -0.1) is 13.2 Å². The van der Waals surface area contributed by atoms with Crippen molar-refractivity contribution in [3.8, 4) is 5.75 Å². The second-order valence-corrected chi connectivity index (χ2v) is 12.0. The number of amides is 1. The lowest BCUT2D eigenvalue weighted by Gasteiger charge is -2.39. The van der Waals surface area contributed by atoms with Gasteiger partial charge in [-0.05, 0) is 29.8 Å². The molecule has 0 radical (unpaired) electrons. The minimum absolute atomic E-state index is 0.0379. The summed E-state index contributed by atoms with van der Waals surface area (Å²) >= 11 is 0. The Bertz CT molecular complexity index is 1690. The highest BCUT2D eigenvalue weighted by Crippen LogP contribution is 2.31. The predicted octanol–water partition coefficient (Wildman–Crippen LogP) is 4.05. The molecule has 1 amide bonds. The van der Waals surface area contributed by atoms with Crippen LogP contribution in [0.3, 0.4) is 0 Å². The van der Waals surface area contributed by atoms with Crippen molar-refractivity contribution >= 4 is 33.7 Å². The number of benzene rings is 2. The third-order valence-electron chi connectivity index (χ3n) is 7.06. The van der Waals surface area contributed by atoms with Gasteiger partial charge in [-0.2, -0.15) is 4.31 Å². The number of carboxylic acids is 1. The minimum Gasteiger partial charge on any atom is -0.480 e. The van der Waals surface area contributed by atoms with Crippen LogP contribution in [0.25, 0.3) is 0 Å². The molecule has 0 aliphatic carbocycles. The van der Waals surface area contributed by atoms with Crippen molar-refractivity contribution in [2.75, 3.05) is 29.9 Å². The molecule has 2 aromatic carbocycles. The summed E-state index contributed by atoms with van der Waals surface area (Å²) in [5.41, 5.74) is 6.66. The second-order valence-electron chi connectivity index (χ2n) is 10.1. The highest BCUT2D eigenvalue weighted by Gasteiger charge is 2.41. The Hall–Kier alpha value is -4.62. The SMILES string of the molecule is CCC(F)(F)c1ccc(CN)cc1.O=C1Nc2nc(N3CCN(S(=O)(=O)c4ccc(OC(F)(F)F)cc4)[C@@H](C(=O)O)C3)cnc2CO1. The third-order valence-corrected chi connectivity index (χ3v) is 8.98. The third kappa shape index (κ3) is 8.60. The summed E-state index contributed by atoms with van der Waals surface area (Å²) in [6.45, 7) is 1.27. The Morgan fingerprint density at radius 2 is 1.77 bits per heavy atom. The molecule has 1 fully saturated rings. The van der Waals surface area contributed by atoms with Crippen LogP contribution in [0, 0.1) is 0 Å². The zero-order chi connectivity index (χ0) is 34.6. The van der Waals surface area contributed by atoms with E-state index in [1.54, 1.807) is 12.1 Å². The molecule has 3 heterocycles. The van der Waals surface area contributed by atoms with E-state index in [2.05, 4.69) is 20.0 Å². The van der Waals surface area contributed by atoms with E-state index >= 15 is 0 Å². The van der Waals surface area contributed by atoms with Gasteiger partial charge in [0.2, 0.25) is 10.0 Å². The minimum atomic E-state index is -4.94. The lowest BCUT2D eigenvalue weighted by molar-refractivity contribution is -0.274. The van der Waals surface area contributed by atoms with Crippen molar-refractivity contribution in [1.29, 1.82) is 0 Å². The molecule has 2 aliphatic rings. The first-order valence-corrected chi connectivity index (χ1v) is 15.3. The van der Waals surface area contributed by atoms with Crippen LogP contribution in [-0.2, 0) is 38.6 Å². The lowest BCUT2D eigenvalue weighted by Crippen LogP contribution is -2.58. The van der Waals surface area contributed by atoms with Crippen LogP contribution in [0.15, 0.2) is 59.6 Å². The summed E-state index contributed by atoms with van der Waals surface area (Å²) in [4.78, 5) is 32.8. The van der Waals surface area contributed by atoms with Crippen LogP contribution < -0.4 is 20.7 Å². The van der Waals surface area contributed by atoms with Gasteiger partial charge in [0.1, 0.15) is 29.9 Å². The van der Waals surface area contributed by atoms with Gasteiger partial charge in [0.25, 0.3) is 5.92 Å². The number of aliphatic carboxylic acids is 1. The lowest BCUT2D eigenvalue weighted by atomic mass is 10.0. The van der Waals surface area contributed by atoms with E-state index < -0.39 is 51.1 Å². The first kappa shape index (κ1) is 35.2. The van der Waals surface area contributed by atoms with E-state index in [4.69, 9.17) is 10.5 Å². The molecule has 0 spiro atoms. The van der Waals surface area contributed by atoms with E-state index in [9.17, 15) is 45.1 Å². The Kier molecular flexibility index (Phi) is 10.5. The zero-order valence-corrected chi connectivity index (χ0v) is 25.4. The molecule has 1 aromatic heterocycles. The number of sulfonamides is 1. The molecular formula is C28H29F5N6O7S. The number of piperazine rings is 1. The number of carboxylic acid groups (broad SMARTS) is 1. The molecular weight excluding hydrogens is 659 g/mol. The number of carbonyl (C=O) groups excluding carboxylic acids is 1. The zero-order valence-electron chi connectivity index (χ0n) is 24.6. The predicted molar refractivity (Wildman–Crippen MR) is 155 cm³/mol. The van der Waals surface area contributed by atoms with Gasteiger partial charge in [0.15, 0.2) is 5.82 Å². The number of hydrogen-bond acceptors (Lipinski definition) is 10. The Labute approximate surface area is 265 Å². The van der Waals surface area contributed by atoms with Gasteiger partial charge in [0, 0.05) is 38.2 Å². The molecule has 2 aliphatic heterocycles. The molecule has 1 saturated heterocycles. The van der Waals surface area contributed by atoms with Crippen LogP contribution in [0.4, 0.5) is 38.4 Å². The molecule has 254 valence electrons. The average molecular weight is 689 g/mol. The summed E-state index contributed by atoms with van der Waals surface area (Å²) in [5.74, 6) is -4.39. The molecule has 3 aromatic rings. The van der Waals surface area contributed by atoms with Gasteiger partial charge in [-0.1, -0.05) is 31.2 Å². The Morgan fingerprint density at radius 3 is 2.34 bits per heavy atom. The Morgan fingerprint density at radius 1 is 1.11 bits per heavy atom. The van der Waals surface area contributed by atoms with Crippen molar-refractivity contribution in [2.24, 2.45) is 5.73 Å². The summed E-state index contributed by atoms with van der Waals surface area (Å²) < 4.78 is 98.6. The number of ether oxygens (including phenoxy) is 2. The highest BCUT2D eigenvalue weighted by molar-refractivity contribution is 7.89. The first-order valence-electron chi connectivity index (χ1n) is 13.9. The fourth-order valence-corrected chi connectivity index (χ4v) is 6.09. The fraction of sp³-hybridized carbons (Fsp3) is 0.357. The van der Waals surface area contributed by atoms with E-state index in [0.29, 0.717) is 12.2 Å². The number of aromatic nitrogens is 2.